The molecule has 0 saturated heterocycles. The summed E-state index contributed by atoms with van der Waals surface area (Å²) in [5.74, 6) is 0.670. The van der Waals surface area contributed by atoms with Gasteiger partial charge < -0.3 is 10.1 Å². The van der Waals surface area contributed by atoms with Crippen LogP contribution in [0.4, 0.5) is 5.69 Å². The number of ether oxygens (including phenoxy) is 1. The Hall–Kier alpha value is -3.31. The summed E-state index contributed by atoms with van der Waals surface area (Å²) >= 11 is 6.16. The summed E-state index contributed by atoms with van der Waals surface area (Å²) < 4.78 is 7.53. The first-order chi connectivity index (χ1) is 14.2. The van der Waals surface area contributed by atoms with Crippen LogP contribution < -0.4 is 10.1 Å². The van der Waals surface area contributed by atoms with Crippen LogP contribution in [-0.2, 0) is 17.9 Å². The van der Waals surface area contributed by atoms with Crippen LogP contribution in [0.2, 0.25) is 5.15 Å². The highest BCUT2D eigenvalue weighted by molar-refractivity contribution is 6.34. The molecule has 0 atom stereocenters. The standard InChI is InChI=1S/C23H20ClN3O2/c24-23-20-8-4-5-9-21(20)27(26-23)15-14-22(28)25-18-10-12-19(13-11-18)29-16-17-6-2-1-3-7-17/h1-13H,14-16H2,(H,25,28). The van der Waals surface area contributed by atoms with E-state index in [-0.39, 0.29) is 5.91 Å². The average Bonchev–Trinajstić information content (AvgIpc) is 3.08. The van der Waals surface area contributed by atoms with Gasteiger partial charge in [-0.3, -0.25) is 9.48 Å². The Kier molecular flexibility index (Phi) is 5.77. The van der Waals surface area contributed by atoms with Gasteiger partial charge >= 0.3 is 0 Å². The van der Waals surface area contributed by atoms with E-state index in [0.29, 0.717) is 24.7 Å². The number of carbonyl (C=O) groups is 1. The lowest BCUT2D eigenvalue weighted by atomic mass is 10.2. The number of benzene rings is 3. The van der Waals surface area contributed by atoms with Crippen LogP contribution in [0, 0.1) is 0 Å². The monoisotopic (exact) mass is 405 g/mol. The molecule has 0 aliphatic heterocycles. The smallest absolute Gasteiger partial charge is 0.226 e. The SMILES string of the molecule is O=C(CCn1nc(Cl)c2ccccc21)Nc1ccc(OCc2ccccc2)cc1. The molecule has 4 rings (SSSR count). The van der Waals surface area contributed by atoms with Crippen LogP contribution in [0.3, 0.4) is 0 Å². The van der Waals surface area contributed by atoms with Crippen molar-refractivity contribution in [1.82, 2.24) is 9.78 Å². The van der Waals surface area contributed by atoms with Gasteiger partial charge in [-0.1, -0.05) is 54.1 Å². The summed E-state index contributed by atoms with van der Waals surface area (Å²) in [4.78, 5) is 12.3. The Morgan fingerprint density at radius 3 is 2.48 bits per heavy atom. The largest absolute Gasteiger partial charge is 0.489 e. The molecule has 0 fully saturated rings. The third kappa shape index (κ3) is 4.76. The fraction of sp³-hybridized carbons (Fsp3) is 0.130. The summed E-state index contributed by atoms with van der Waals surface area (Å²) in [6, 6.07) is 25.0. The third-order valence-corrected chi connectivity index (χ3v) is 4.83. The molecule has 0 aliphatic carbocycles. The number of carbonyl (C=O) groups excluding carboxylic acids is 1. The second-order valence-corrected chi connectivity index (χ2v) is 6.99. The van der Waals surface area contributed by atoms with Crippen molar-refractivity contribution in [2.75, 3.05) is 5.32 Å². The van der Waals surface area contributed by atoms with Crippen LogP contribution in [0.25, 0.3) is 10.9 Å². The lowest BCUT2D eigenvalue weighted by molar-refractivity contribution is -0.116. The Morgan fingerprint density at radius 2 is 1.69 bits per heavy atom. The highest BCUT2D eigenvalue weighted by Gasteiger charge is 2.10. The van der Waals surface area contributed by atoms with E-state index in [4.69, 9.17) is 16.3 Å². The zero-order chi connectivity index (χ0) is 20.1. The molecule has 4 aromatic rings. The normalized spacial score (nSPS) is 10.8. The summed E-state index contributed by atoms with van der Waals surface area (Å²) in [6.45, 7) is 0.963. The van der Waals surface area contributed by atoms with Crippen molar-refractivity contribution >= 4 is 34.1 Å². The molecule has 0 spiro atoms. The molecule has 3 aromatic carbocycles. The van der Waals surface area contributed by atoms with Crippen molar-refractivity contribution in [3.8, 4) is 5.75 Å². The first-order valence-corrected chi connectivity index (χ1v) is 9.74. The maximum absolute atomic E-state index is 12.3. The molecular weight excluding hydrogens is 386 g/mol. The number of amides is 1. The lowest BCUT2D eigenvalue weighted by Gasteiger charge is -2.09. The van der Waals surface area contributed by atoms with Gasteiger partial charge in [-0.25, -0.2) is 0 Å². The predicted molar refractivity (Wildman–Crippen MR) is 115 cm³/mol. The minimum atomic E-state index is -0.0846. The van der Waals surface area contributed by atoms with Gasteiger partial charge in [0, 0.05) is 17.5 Å². The Morgan fingerprint density at radius 1 is 0.966 bits per heavy atom. The number of para-hydroxylation sites is 1. The molecule has 146 valence electrons. The number of rotatable bonds is 7. The number of nitrogens with one attached hydrogen (secondary N) is 1. The van der Waals surface area contributed by atoms with E-state index in [2.05, 4.69) is 10.4 Å². The zero-order valence-electron chi connectivity index (χ0n) is 15.7. The van der Waals surface area contributed by atoms with Crippen LogP contribution in [-0.4, -0.2) is 15.7 Å². The first kappa shape index (κ1) is 19.0. The van der Waals surface area contributed by atoms with Crippen molar-refractivity contribution in [3.63, 3.8) is 0 Å². The predicted octanol–water partition coefficient (Wildman–Crippen LogP) is 5.30. The Labute approximate surface area is 173 Å². The molecule has 5 nitrogen and oxygen atoms in total. The summed E-state index contributed by atoms with van der Waals surface area (Å²) in [5, 5.41) is 8.55. The Balaban J connectivity index is 1.30. The number of fused-ring (bicyclic) bond motifs is 1. The molecule has 6 heteroatoms. The topological polar surface area (TPSA) is 56.2 Å². The summed E-state index contributed by atoms with van der Waals surface area (Å²) in [6.07, 6.45) is 0.300. The van der Waals surface area contributed by atoms with Gasteiger partial charge in [-0.2, -0.15) is 5.10 Å². The molecular formula is C23H20ClN3O2. The maximum atomic E-state index is 12.3. The van der Waals surface area contributed by atoms with Gasteiger partial charge in [0.2, 0.25) is 5.91 Å². The first-order valence-electron chi connectivity index (χ1n) is 9.37. The number of hydrogen-bond donors (Lipinski definition) is 1. The molecule has 0 bridgehead atoms. The van der Waals surface area contributed by atoms with Crippen molar-refractivity contribution in [2.24, 2.45) is 0 Å². The van der Waals surface area contributed by atoms with E-state index in [0.717, 1.165) is 27.9 Å². The van der Waals surface area contributed by atoms with Gasteiger partial charge in [0.15, 0.2) is 5.15 Å². The van der Waals surface area contributed by atoms with E-state index in [1.807, 2.05) is 78.9 Å². The van der Waals surface area contributed by atoms with E-state index in [1.165, 1.54) is 0 Å². The van der Waals surface area contributed by atoms with E-state index in [9.17, 15) is 4.79 Å². The molecule has 1 amide bonds. The minimum Gasteiger partial charge on any atom is -0.489 e. The van der Waals surface area contributed by atoms with E-state index in [1.54, 1.807) is 4.68 Å². The molecule has 1 heterocycles. The molecule has 0 unspecified atom stereocenters. The number of anilines is 1. The van der Waals surface area contributed by atoms with E-state index < -0.39 is 0 Å². The van der Waals surface area contributed by atoms with Gasteiger partial charge in [0.05, 0.1) is 12.1 Å². The molecule has 0 aliphatic rings. The number of halogens is 1. The minimum absolute atomic E-state index is 0.0846. The van der Waals surface area contributed by atoms with Crippen molar-refractivity contribution in [1.29, 1.82) is 0 Å². The lowest BCUT2D eigenvalue weighted by Crippen LogP contribution is -2.15. The highest BCUT2D eigenvalue weighted by atomic mass is 35.5. The number of aryl methyl sites for hydroxylation is 1. The van der Waals surface area contributed by atoms with Crippen LogP contribution in [0.1, 0.15) is 12.0 Å². The molecule has 29 heavy (non-hydrogen) atoms. The molecule has 1 N–H and O–H groups in total. The van der Waals surface area contributed by atoms with Gasteiger partial charge in [-0.15, -0.1) is 0 Å². The average molecular weight is 406 g/mol. The number of hydrogen-bond acceptors (Lipinski definition) is 3. The summed E-state index contributed by atoms with van der Waals surface area (Å²) in [7, 11) is 0. The molecule has 0 radical (unpaired) electrons. The number of aromatic nitrogens is 2. The van der Waals surface area contributed by atoms with Crippen LogP contribution in [0.15, 0.2) is 78.9 Å². The molecule has 0 saturated carbocycles. The summed E-state index contributed by atoms with van der Waals surface area (Å²) in [5.41, 5.74) is 2.76. The third-order valence-electron chi connectivity index (χ3n) is 4.55. The van der Waals surface area contributed by atoms with Gasteiger partial charge in [-0.05, 0) is 42.0 Å². The number of nitrogens with zero attached hydrogens (tertiary/aromatic N) is 2. The fourth-order valence-corrected chi connectivity index (χ4v) is 3.31. The molecule has 1 aromatic heterocycles. The Bertz CT molecular complexity index is 1110. The second kappa shape index (κ2) is 8.80. The van der Waals surface area contributed by atoms with Gasteiger partial charge in [0.25, 0.3) is 0 Å². The quantitative estimate of drug-likeness (QED) is 0.454. The zero-order valence-corrected chi connectivity index (χ0v) is 16.5. The maximum Gasteiger partial charge on any atom is 0.226 e. The van der Waals surface area contributed by atoms with Crippen molar-refractivity contribution < 1.29 is 9.53 Å². The van der Waals surface area contributed by atoms with Crippen molar-refractivity contribution in [2.45, 2.75) is 19.6 Å². The van der Waals surface area contributed by atoms with Crippen LogP contribution >= 0.6 is 11.6 Å². The highest BCUT2D eigenvalue weighted by Crippen LogP contribution is 2.22. The van der Waals surface area contributed by atoms with Crippen LogP contribution in [0.5, 0.6) is 5.75 Å². The van der Waals surface area contributed by atoms with E-state index >= 15 is 0 Å². The second-order valence-electron chi connectivity index (χ2n) is 6.63. The van der Waals surface area contributed by atoms with Crippen molar-refractivity contribution in [3.05, 3.63) is 89.6 Å². The fourth-order valence-electron chi connectivity index (χ4n) is 3.06. The van der Waals surface area contributed by atoms with Gasteiger partial charge in [0.1, 0.15) is 12.4 Å².